The van der Waals surface area contributed by atoms with Gasteiger partial charge in [0.25, 0.3) is 0 Å². The van der Waals surface area contributed by atoms with Gasteiger partial charge in [0.2, 0.25) is 5.91 Å². The van der Waals surface area contributed by atoms with E-state index in [1.165, 1.54) is 0 Å². The molecule has 6 heteroatoms. The van der Waals surface area contributed by atoms with E-state index in [4.69, 9.17) is 0 Å². The van der Waals surface area contributed by atoms with Gasteiger partial charge in [-0.05, 0) is 31.9 Å². The van der Waals surface area contributed by atoms with Crippen LogP contribution in [0.5, 0.6) is 0 Å². The Morgan fingerprint density at radius 2 is 2.17 bits per heavy atom. The van der Waals surface area contributed by atoms with Crippen LogP contribution < -0.4 is 0 Å². The van der Waals surface area contributed by atoms with Gasteiger partial charge in [0.05, 0.1) is 29.1 Å². The van der Waals surface area contributed by atoms with E-state index in [1.54, 1.807) is 6.33 Å². The van der Waals surface area contributed by atoms with Crippen LogP contribution >= 0.6 is 0 Å². The maximum absolute atomic E-state index is 12.9. The van der Waals surface area contributed by atoms with Crippen molar-refractivity contribution in [2.75, 3.05) is 6.54 Å². The van der Waals surface area contributed by atoms with Crippen molar-refractivity contribution in [2.45, 2.75) is 32.4 Å². The molecule has 0 aliphatic carbocycles. The van der Waals surface area contributed by atoms with Crippen LogP contribution in [-0.4, -0.2) is 36.5 Å². The quantitative estimate of drug-likeness (QED) is 0.744. The van der Waals surface area contributed by atoms with E-state index in [2.05, 4.69) is 9.97 Å². The fourth-order valence-corrected chi connectivity index (χ4v) is 3.65. The number of aromatic nitrogens is 4. The van der Waals surface area contributed by atoms with Crippen molar-refractivity contribution >= 4 is 16.9 Å². The summed E-state index contributed by atoms with van der Waals surface area (Å²) < 4.78 is 3.97. The zero-order chi connectivity index (χ0) is 16.7. The molecule has 124 valence electrons. The normalized spacial score (nSPS) is 17.8. The van der Waals surface area contributed by atoms with E-state index in [1.807, 2.05) is 58.5 Å². The Morgan fingerprint density at radius 1 is 1.33 bits per heavy atom. The van der Waals surface area contributed by atoms with Crippen LogP contribution in [0.3, 0.4) is 0 Å². The van der Waals surface area contributed by atoms with Gasteiger partial charge < -0.3 is 14.0 Å². The molecule has 2 aromatic heterocycles. The van der Waals surface area contributed by atoms with E-state index < -0.39 is 0 Å². The Balaban J connectivity index is 1.58. The van der Waals surface area contributed by atoms with Crippen molar-refractivity contribution in [2.24, 2.45) is 7.05 Å². The molecule has 0 saturated carbocycles. The highest BCUT2D eigenvalue weighted by molar-refractivity contribution is 5.81. The first kappa shape index (κ1) is 14.9. The molecule has 3 heterocycles. The standard InChI is InChI=1S/C18H21N5O/c1-13-10-21(2)18(20-13)16-8-5-9-23(16)17(24)11-22-12-19-14-6-3-4-7-15(14)22/h3-4,6-7,10,12,16H,5,8-9,11H2,1-2H3/t16-/m0/s1. The summed E-state index contributed by atoms with van der Waals surface area (Å²) in [7, 11) is 2.00. The van der Waals surface area contributed by atoms with Crippen molar-refractivity contribution in [3.8, 4) is 0 Å². The minimum absolute atomic E-state index is 0.0750. The molecule has 0 bridgehead atoms. The average Bonchev–Trinajstić information content (AvgIpc) is 3.26. The Bertz CT molecular complexity index is 894. The van der Waals surface area contributed by atoms with Crippen LogP contribution in [-0.2, 0) is 18.4 Å². The number of hydrogen-bond acceptors (Lipinski definition) is 3. The molecule has 0 N–H and O–H groups in total. The maximum atomic E-state index is 12.9. The van der Waals surface area contributed by atoms with E-state index >= 15 is 0 Å². The van der Waals surface area contributed by atoms with Gasteiger partial charge in [-0.15, -0.1) is 0 Å². The molecule has 1 aliphatic heterocycles. The summed E-state index contributed by atoms with van der Waals surface area (Å²) >= 11 is 0. The van der Waals surface area contributed by atoms with Crippen molar-refractivity contribution in [1.82, 2.24) is 24.0 Å². The second kappa shape index (κ2) is 5.78. The maximum Gasteiger partial charge on any atom is 0.243 e. The molecule has 6 nitrogen and oxygen atoms in total. The molecule has 1 aliphatic rings. The highest BCUT2D eigenvalue weighted by atomic mass is 16.2. The minimum Gasteiger partial charge on any atom is -0.336 e. The zero-order valence-corrected chi connectivity index (χ0v) is 14.0. The van der Waals surface area contributed by atoms with Gasteiger partial charge in [-0.3, -0.25) is 4.79 Å². The van der Waals surface area contributed by atoms with Crippen LogP contribution in [0.2, 0.25) is 0 Å². The fourth-order valence-electron chi connectivity index (χ4n) is 3.65. The molecule has 4 rings (SSSR count). The van der Waals surface area contributed by atoms with Gasteiger partial charge in [-0.1, -0.05) is 12.1 Å². The second-order valence-electron chi connectivity index (χ2n) is 6.46. The SMILES string of the molecule is Cc1cn(C)c([C@@H]2CCCN2C(=O)Cn2cnc3ccccc32)n1. The third-order valence-corrected chi connectivity index (χ3v) is 4.74. The molecule has 3 aromatic rings. The first-order valence-corrected chi connectivity index (χ1v) is 8.32. The number of rotatable bonds is 3. The molecule has 0 unspecified atom stereocenters. The number of carbonyl (C=O) groups is 1. The van der Waals surface area contributed by atoms with Crippen LogP contribution in [0.25, 0.3) is 11.0 Å². The van der Waals surface area contributed by atoms with Crippen LogP contribution in [0, 0.1) is 6.92 Å². The van der Waals surface area contributed by atoms with Gasteiger partial charge >= 0.3 is 0 Å². The van der Waals surface area contributed by atoms with Crippen LogP contribution in [0.4, 0.5) is 0 Å². The van der Waals surface area contributed by atoms with Gasteiger partial charge in [0.15, 0.2) is 0 Å². The number of nitrogens with zero attached hydrogens (tertiary/aromatic N) is 5. The Hall–Kier alpha value is -2.63. The number of fused-ring (bicyclic) bond motifs is 1. The molecule has 0 spiro atoms. The summed E-state index contributed by atoms with van der Waals surface area (Å²) in [5.41, 5.74) is 2.91. The third kappa shape index (κ3) is 2.48. The van der Waals surface area contributed by atoms with Crippen molar-refractivity contribution in [1.29, 1.82) is 0 Å². The molecule has 1 aromatic carbocycles. The predicted molar refractivity (Wildman–Crippen MR) is 91.4 cm³/mol. The fraction of sp³-hybridized carbons (Fsp3) is 0.389. The highest BCUT2D eigenvalue weighted by Crippen LogP contribution is 2.31. The molecule has 1 amide bonds. The lowest BCUT2D eigenvalue weighted by molar-refractivity contribution is -0.132. The van der Waals surface area contributed by atoms with E-state index in [0.29, 0.717) is 6.54 Å². The van der Waals surface area contributed by atoms with Crippen LogP contribution in [0.1, 0.15) is 30.4 Å². The van der Waals surface area contributed by atoms with Gasteiger partial charge in [0, 0.05) is 19.8 Å². The number of hydrogen-bond donors (Lipinski definition) is 0. The monoisotopic (exact) mass is 323 g/mol. The number of para-hydroxylation sites is 2. The first-order chi connectivity index (χ1) is 11.6. The zero-order valence-electron chi connectivity index (χ0n) is 14.0. The number of carbonyl (C=O) groups excluding carboxylic acids is 1. The molecule has 1 fully saturated rings. The van der Waals surface area contributed by atoms with Crippen molar-refractivity contribution in [3.63, 3.8) is 0 Å². The highest BCUT2D eigenvalue weighted by Gasteiger charge is 2.32. The molecule has 0 radical (unpaired) electrons. The lowest BCUT2D eigenvalue weighted by Gasteiger charge is -2.24. The summed E-state index contributed by atoms with van der Waals surface area (Å²) in [4.78, 5) is 23.9. The summed E-state index contributed by atoms with van der Waals surface area (Å²) in [5, 5.41) is 0. The molecule has 24 heavy (non-hydrogen) atoms. The Labute approximate surface area is 140 Å². The molecular weight excluding hydrogens is 302 g/mol. The summed E-state index contributed by atoms with van der Waals surface area (Å²) in [5.74, 6) is 1.11. The van der Waals surface area contributed by atoms with Gasteiger partial charge in [0.1, 0.15) is 12.4 Å². The third-order valence-electron chi connectivity index (χ3n) is 4.74. The summed E-state index contributed by atoms with van der Waals surface area (Å²) in [6.45, 7) is 3.10. The Morgan fingerprint density at radius 3 is 2.96 bits per heavy atom. The average molecular weight is 323 g/mol. The summed E-state index contributed by atoms with van der Waals surface area (Å²) in [6, 6.07) is 7.97. The van der Waals surface area contributed by atoms with Crippen LogP contribution in [0.15, 0.2) is 36.8 Å². The topological polar surface area (TPSA) is 56.0 Å². The summed E-state index contributed by atoms with van der Waals surface area (Å²) in [6.07, 6.45) is 5.76. The van der Waals surface area contributed by atoms with Crippen molar-refractivity contribution < 1.29 is 4.79 Å². The second-order valence-corrected chi connectivity index (χ2v) is 6.46. The largest absolute Gasteiger partial charge is 0.336 e. The lowest BCUT2D eigenvalue weighted by atomic mass is 10.2. The molecule has 1 saturated heterocycles. The van der Waals surface area contributed by atoms with Gasteiger partial charge in [-0.2, -0.15) is 0 Å². The minimum atomic E-state index is 0.0750. The number of aryl methyl sites for hydroxylation is 2. The molecular formula is C18H21N5O. The predicted octanol–water partition coefficient (Wildman–Crippen LogP) is 2.44. The van der Waals surface area contributed by atoms with E-state index in [0.717, 1.165) is 41.9 Å². The number of amides is 1. The first-order valence-electron chi connectivity index (χ1n) is 8.32. The van der Waals surface area contributed by atoms with Crippen molar-refractivity contribution in [3.05, 3.63) is 48.3 Å². The number of benzene rings is 1. The van der Waals surface area contributed by atoms with Gasteiger partial charge in [-0.25, -0.2) is 9.97 Å². The number of imidazole rings is 2. The number of likely N-dealkylation sites (tertiary alicyclic amines) is 1. The lowest BCUT2D eigenvalue weighted by Crippen LogP contribution is -2.34. The van der Waals surface area contributed by atoms with E-state index in [-0.39, 0.29) is 11.9 Å². The Kier molecular flexibility index (Phi) is 3.59. The van der Waals surface area contributed by atoms with E-state index in [9.17, 15) is 4.79 Å². The molecule has 1 atom stereocenters. The smallest absolute Gasteiger partial charge is 0.243 e.